The summed E-state index contributed by atoms with van der Waals surface area (Å²) < 4.78 is 10.7. The topological polar surface area (TPSA) is 54.0 Å². The summed E-state index contributed by atoms with van der Waals surface area (Å²) in [6.45, 7) is 5.53. The number of nitrogens with one attached hydrogen (secondary N) is 1. The second-order valence-electron chi connectivity index (χ2n) is 6.74. The van der Waals surface area contributed by atoms with Gasteiger partial charge in [-0.25, -0.2) is 0 Å². The molecule has 1 fully saturated rings. The number of benzene rings is 2. The predicted molar refractivity (Wildman–Crippen MR) is 106 cm³/mol. The van der Waals surface area contributed by atoms with Crippen LogP contribution in [0.1, 0.15) is 6.92 Å². The maximum atomic E-state index is 12.7. The minimum Gasteiger partial charge on any atom is -0.454 e. The van der Waals surface area contributed by atoms with Crippen molar-refractivity contribution in [2.45, 2.75) is 13.0 Å². The summed E-state index contributed by atoms with van der Waals surface area (Å²) in [6, 6.07) is 13.1. The summed E-state index contributed by atoms with van der Waals surface area (Å²) in [5.41, 5.74) is 1.84. The second-order valence-corrected chi connectivity index (χ2v) is 7.17. The zero-order chi connectivity index (χ0) is 18.8. The lowest BCUT2D eigenvalue weighted by atomic mass is 10.2. The normalized spacial score (nSPS) is 17.6. The summed E-state index contributed by atoms with van der Waals surface area (Å²) in [6.07, 6.45) is 0. The molecule has 0 bridgehead atoms. The lowest BCUT2D eigenvalue weighted by Gasteiger charge is -2.38. The van der Waals surface area contributed by atoms with E-state index >= 15 is 0 Å². The fourth-order valence-corrected chi connectivity index (χ4v) is 3.61. The van der Waals surface area contributed by atoms with Crippen molar-refractivity contribution in [1.29, 1.82) is 0 Å². The Balaban J connectivity index is 1.33. The van der Waals surface area contributed by atoms with Crippen LogP contribution < -0.4 is 19.7 Å². The summed E-state index contributed by atoms with van der Waals surface area (Å²) in [4.78, 5) is 17.1. The number of anilines is 2. The Morgan fingerprint density at radius 2 is 1.85 bits per heavy atom. The monoisotopic (exact) mass is 387 g/mol. The fraction of sp³-hybridized carbons (Fsp3) is 0.350. The highest BCUT2D eigenvalue weighted by Gasteiger charge is 2.26. The van der Waals surface area contributed by atoms with Gasteiger partial charge in [0.1, 0.15) is 0 Å². The first-order chi connectivity index (χ1) is 13.1. The van der Waals surface area contributed by atoms with E-state index in [9.17, 15) is 4.79 Å². The van der Waals surface area contributed by atoms with Crippen molar-refractivity contribution in [1.82, 2.24) is 4.90 Å². The highest BCUT2D eigenvalue weighted by Crippen LogP contribution is 2.34. The summed E-state index contributed by atoms with van der Waals surface area (Å²) in [5.74, 6) is 1.35. The van der Waals surface area contributed by atoms with Gasteiger partial charge in [0.15, 0.2) is 11.5 Å². The van der Waals surface area contributed by atoms with Gasteiger partial charge < -0.3 is 19.7 Å². The van der Waals surface area contributed by atoms with Crippen molar-refractivity contribution < 1.29 is 14.3 Å². The van der Waals surface area contributed by atoms with E-state index in [2.05, 4.69) is 21.2 Å². The Kier molecular flexibility index (Phi) is 5.09. The third-order valence-corrected chi connectivity index (χ3v) is 5.29. The SMILES string of the molecule is C[C@@H](C(=O)Nc1ccc2c(c1)OCO2)N1CCN(c2cccc(Cl)c2)CC1. The van der Waals surface area contributed by atoms with Gasteiger partial charge in [0.2, 0.25) is 12.7 Å². The molecule has 7 heteroatoms. The molecule has 2 aromatic rings. The molecule has 4 rings (SSSR count). The number of carbonyl (C=O) groups is 1. The molecular formula is C20H22ClN3O3. The van der Waals surface area contributed by atoms with Crippen LogP contribution in [-0.2, 0) is 4.79 Å². The van der Waals surface area contributed by atoms with Gasteiger partial charge in [0.05, 0.1) is 6.04 Å². The number of carbonyl (C=O) groups excluding carboxylic acids is 1. The zero-order valence-corrected chi connectivity index (χ0v) is 15.9. The van der Waals surface area contributed by atoms with Crippen LogP contribution in [0.5, 0.6) is 11.5 Å². The Labute approximate surface area is 163 Å². The van der Waals surface area contributed by atoms with E-state index in [1.54, 1.807) is 6.07 Å². The molecule has 142 valence electrons. The van der Waals surface area contributed by atoms with Gasteiger partial charge in [-0.05, 0) is 37.3 Å². The number of hydrogen-bond donors (Lipinski definition) is 1. The molecule has 0 unspecified atom stereocenters. The van der Waals surface area contributed by atoms with E-state index in [1.165, 1.54) is 0 Å². The number of ether oxygens (including phenoxy) is 2. The molecule has 1 saturated heterocycles. The molecule has 1 amide bonds. The van der Waals surface area contributed by atoms with E-state index in [-0.39, 0.29) is 18.7 Å². The smallest absolute Gasteiger partial charge is 0.241 e. The average molecular weight is 388 g/mol. The van der Waals surface area contributed by atoms with Crippen LogP contribution in [0.3, 0.4) is 0 Å². The number of rotatable bonds is 4. The maximum Gasteiger partial charge on any atom is 0.241 e. The number of amides is 1. The molecule has 2 aliphatic rings. The Hall–Kier alpha value is -2.44. The molecule has 27 heavy (non-hydrogen) atoms. The van der Waals surface area contributed by atoms with Crippen molar-refractivity contribution in [3.63, 3.8) is 0 Å². The number of halogens is 1. The molecule has 2 aliphatic heterocycles. The van der Waals surface area contributed by atoms with E-state index < -0.39 is 0 Å². The molecule has 2 aromatic carbocycles. The van der Waals surface area contributed by atoms with Crippen molar-refractivity contribution in [2.75, 3.05) is 43.2 Å². The highest BCUT2D eigenvalue weighted by molar-refractivity contribution is 6.30. The third kappa shape index (κ3) is 3.96. The molecular weight excluding hydrogens is 366 g/mol. The minimum absolute atomic E-state index is 0.0231. The van der Waals surface area contributed by atoms with Gasteiger partial charge in [-0.3, -0.25) is 9.69 Å². The molecule has 0 aliphatic carbocycles. The van der Waals surface area contributed by atoms with Gasteiger partial charge in [0.25, 0.3) is 0 Å². The first-order valence-corrected chi connectivity index (χ1v) is 9.43. The van der Waals surface area contributed by atoms with E-state index in [0.29, 0.717) is 17.2 Å². The molecule has 0 radical (unpaired) electrons. The van der Waals surface area contributed by atoms with Crippen LogP contribution in [0.15, 0.2) is 42.5 Å². The van der Waals surface area contributed by atoms with E-state index in [4.69, 9.17) is 21.1 Å². The quantitative estimate of drug-likeness (QED) is 0.873. The van der Waals surface area contributed by atoms with Gasteiger partial charge in [-0.2, -0.15) is 0 Å². The van der Waals surface area contributed by atoms with Crippen molar-refractivity contribution >= 4 is 28.9 Å². The van der Waals surface area contributed by atoms with Gasteiger partial charge in [-0.1, -0.05) is 17.7 Å². The second kappa shape index (κ2) is 7.66. The predicted octanol–water partition coefficient (Wildman–Crippen LogP) is 3.22. The standard InChI is InChI=1S/C20H22ClN3O3/c1-14(20(25)22-16-5-6-18-19(12-16)27-13-26-18)23-7-9-24(10-8-23)17-4-2-3-15(21)11-17/h2-6,11-12,14H,7-10,13H2,1H3,(H,22,25)/t14-/m0/s1. The first kappa shape index (κ1) is 17.9. The Bertz CT molecular complexity index is 837. The van der Waals surface area contributed by atoms with Crippen molar-refractivity contribution in [3.05, 3.63) is 47.5 Å². The average Bonchev–Trinajstić information content (AvgIpc) is 3.15. The fourth-order valence-electron chi connectivity index (χ4n) is 3.43. The number of hydrogen-bond acceptors (Lipinski definition) is 5. The minimum atomic E-state index is -0.211. The third-order valence-electron chi connectivity index (χ3n) is 5.05. The maximum absolute atomic E-state index is 12.7. The van der Waals surface area contributed by atoms with Crippen molar-refractivity contribution in [2.24, 2.45) is 0 Å². The van der Waals surface area contributed by atoms with Crippen LogP contribution in [0.25, 0.3) is 0 Å². The molecule has 1 N–H and O–H groups in total. The highest BCUT2D eigenvalue weighted by atomic mass is 35.5. The molecule has 1 atom stereocenters. The zero-order valence-electron chi connectivity index (χ0n) is 15.2. The van der Waals surface area contributed by atoms with Crippen LogP contribution in [0.2, 0.25) is 5.02 Å². The van der Waals surface area contributed by atoms with Gasteiger partial charge in [-0.15, -0.1) is 0 Å². The molecule has 6 nitrogen and oxygen atoms in total. The lowest BCUT2D eigenvalue weighted by molar-refractivity contribution is -0.120. The molecule has 0 saturated carbocycles. The largest absolute Gasteiger partial charge is 0.454 e. The summed E-state index contributed by atoms with van der Waals surface area (Å²) in [7, 11) is 0. The molecule has 0 spiro atoms. The van der Waals surface area contributed by atoms with Crippen LogP contribution >= 0.6 is 11.6 Å². The number of piperazine rings is 1. The Morgan fingerprint density at radius 1 is 1.07 bits per heavy atom. The van der Waals surface area contributed by atoms with Gasteiger partial charge >= 0.3 is 0 Å². The van der Waals surface area contributed by atoms with E-state index in [0.717, 1.165) is 36.9 Å². The number of fused-ring (bicyclic) bond motifs is 1. The van der Waals surface area contributed by atoms with Crippen LogP contribution in [0, 0.1) is 0 Å². The summed E-state index contributed by atoms with van der Waals surface area (Å²) >= 11 is 6.09. The number of nitrogens with zero attached hydrogens (tertiary/aromatic N) is 2. The van der Waals surface area contributed by atoms with Gasteiger partial charge in [0, 0.05) is 48.6 Å². The van der Waals surface area contributed by atoms with Crippen LogP contribution in [0.4, 0.5) is 11.4 Å². The van der Waals surface area contributed by atoms with Crippen LogP contribution in [-0.4, -0.2) is 49.8 Å². The first-order valence-electron chi connectivity index (χ1n) is 9.05. The molecule has 2 heterocycles. The Morgan fingerprint density at radius 3 is 2.63 bits per heavy atom. The van der Waals surface area contributed by atoms with E-state index in [1.807, 2.05) is 37.3 Å². The molecule has 0 aromatic heterocycles. The lowest BCUT2D eigenvalue weighted by Crippen LogP contribution is -2.52. The van der Waals surface area contributed by atoms with Crippen molar-refractivity contribution in [3.8, 4) is 11.5 Å². The summed E-state index contributed by atoms with van der Waals surface area (Å²) in [5, 5.41) is 3.71.